The van der Waals surface area contributed by atoms with E-state index < -0.39 is 0 Å². The number of hydrogen-bond acceptors (Lipinski definition) is 6. The Hall–Kier alpha value is -2.51. The summed E-state index contributed by atoms with van der Waals surface area (Å²) < 4.78 is 12.3. The zero-order chi connectivity index (χ0) is 31.7. The van der Waals surface area contributed by atoms with E-state index in [0.29, 0.717) is 52.7 Å². The zero-order valence-corrected chi connectivity index (χ0v) is 28.2. The quantitative estimate of drug-likeness (QED) is 0.187. The summed E-state index contributed by atoms with van der Waals surface area (Å²) >= 11 is 9.33. The van der Waals surface area contributed by atoms with E-state index >= 15 is 0 Å². The highest BCUT2D eigenvalue weighted by atomic mass is 79.9. The van der Waals surface area contributed by atoms with Crippen LogP contribution >= 0.6 is 27.5 Å². The van der Waals surface area contributed by atoms with Crippen molar-refractivity contribution >= 4 is 50.7 Å². The van der Waals surface area contributed by atoms with E-state index in [1.54, 1.807) is 30.3 Å². The number of ether oxygens (including phenoxy) is 2. The van der Waals surface area contributed by atoms with Crippen LogP contribution in [0.3, 0.4) is 0 Å². The first-order chi connectivity index (χ1) is 20.0. The Morgan fingerprint density at radius 3 is 1.83 bits per heavy atom. The molecule has 0 bridgehead atoms. The maximum atomic E-state index is 12.2. The second-order valence-corrected chi connectivity index (χ2v) is 12.0. The highest BCUT2D eigenvalue weighted by Gasteiger charge is 2.19. The molecule has 0 heterocycles. The number of Topliss-reactive ketones (excluding diaryl/α,β-unsaturated/α-hetero) is 4. The molecule has 0 saturated heterocycles. The number of rotatable bonds is 14. The molecule has 8 heteroatoms. The van der Waals surface area contributed by atoms with E-state index in [1.807, 2.05) is 19.9 Å². The van der Waals surface area contributed by atoms with E-state index in [4.69, 9.17) is 21.1 Å². The van der Waals surface area contributed by atoms with Gasteiger partial charge in [0.1, 0.15) is 23.1 Å². The van der Waals surface area contributed by atoms with E-state index in [-0.39, 0.29) is 48.8 Å². The minimum absolute atomic E-state index is 0.0128. The van der Waals surface area contributed by atoms with Crippen LogP contribution in [0.1, 0.15) is 114 Å². The summed E-state index contributed by atoms with van der Waals surface area (Å²) in [5.41, 5.74) is 1.03. The van der Waals surface area contributed by atoms with Crippen LogP contribution in [-0.4, -0.2) is 36.3 Å². The van der Waals surface area contributed by atoms with E-state index in [9.17, 15) is 19.2 Å². The molecule has 0 spiro atoms. The van der Waals surface area contributed by atoms with E-state index in [2.05, 4.69) is 29.8 Å². The summed E-state index contributed by atoms with van der Waals surface area (Å²) in [5, 5.41) is 0.509. The van der Waals surface area contributed by atoms with Crippen molar-refractivity contribution in [1.82, 2.24) is 0 Å². The first kappa shape index (κ1) is 37.5. The molecule has 0 aromatic heterocycles. The van der Waals surface area contributed by atoms with Crippen LogP contribution in [0.25, 0.3) is 0 Å². The average molecular weight is 666 g/mol. The van der Waals surface area contributed by atoms with Crippen molar-refractivity contribution in [2.45, 2.75) is 92.9 Å². The molecule has 232 valence electrons. The van der Waals surface area contributed by atoms with Gasteiger partial charge in [0.25, 0.3) is 0 Å². The smallest absolute Gasteiger partial charge is 0.167 e. The largest absolute Gasteiger partial charge is 0.493 e. The molecular formula is C34H46BrClO6. The predicted molar refractivity (Wildman–Crippen MR) is 173 cm³/mol. The minimum Gasteiger partial charge on any atom is -0.493 e. The van der Waals surface area contributed by atoms with Gasteiger partial charge in [-0.3, -0.25) is 9.59 Å². The van der Waals surface area contributed by atoms with Crippen molar-refractivity contribution in [3.63, 3.8) is 0 Å². The summed E-state index contributed by atoms with van der Waals surface area (Å²) in [6, 6.07) is 10.5. The molecule has 1 fully saturated rings. The van der Waals surface area contributed by atoms with Crippen molar-refractivity contribution < 1.29 is 28.7 Å². The van der Waals surface area contributed by atoms with Gasteiger partial charge in [0.2, 0.25) is 0 Å². The molecular weight excluding hydrogens is 620 g/mol. The van der Waals surface area contributed by atoms with Crippen molar-refractivity contribution in [2.75, 3.05) is 13.2 Å². The lowest BCUT2D eigenvalue weighted by Crippen LogP contribution is -2.11. The van der Waals surface area contributed by atoms with Crippen LogP contribution in [0.15, 0.2) is 40.9 Å². The Morgan fingerprint density at radius 2 is 1.31 bits per heavy atom. The third-order valence-electron chi connectivity index (χ3n) is 6.41. The molecule has 1 saturated carbocycles. The predicted octanol–water partition coefficient (Wildman–Crippen LogP) is 9.52. The Labute approximate surface area is 265 Å². The molecule has 0 atom stereocenters. The number of carbonyl (C=O) groups excluding carboxylic acids is 4. The molecule has 2 aromatic rings. The summed E-state index contributed by atoms with van der Waals surface area (Å²) in [4.78, 5) is 46.3. The minimum atomic E-state index is -0.0888. The molecule has 6 nitrogen and oxygen atoms in total. The van der Waals surface area contributed by atoms with E-state index in [1.165, 1.54) is 39.5 Å². The van der Waals surface area contributed by atoms with Crippen molar-refractivity contribution in [2.24, 2.45) is 11.8 Å². The molecule has 2 aromatic carbocycles. The van der Waals surface area contributed by atoms with Crippen LogP contribution in [0, 0.1) is 11.8 Å². The van der Waals surface area contributed by atoms with Crippen LogP contribution in [0.2, 0.25) is 5.02 Å². The molecule has 1 aliphatic rings. The average Bonchev–Trinajstić information content (AvgIpc) is 3.48. The maximum absolute atomic E-state index is 12.2. The molecule has 1 aliphatic carbocycles. The monoisotopic (exact) mass is 664 g/mol. The maximum Gasteiger partial charge on any atom is 0.167 e. The van der Waals surface area contributed by atoms with Crippen molar-refractivity contribution in [3.8, 4) is 11.5 Å². The van der Waals surface area contributed by atoms with Gasteiger partial charge in [-0.05, 0) is 74.9 Å². The van der Waals surface area contributed by atoms with Crippen LogP contribution in [0.5, 0.6) is 11.5 Å². The highest BCUT2D eigenvalue weighted by molar-refractivity contribution is 9.10. The van der Waals surface area contributed by atoms with Gasteiger partial charge >= 0.3 is 0 Å². The lowest BCUT2D eigenvalue weighted by atomic mass is 10.0. The van der Waals surface area contributed by atoms with Gasteiger partial charge in [-0.2, -0.15) is 0 Å². The third-order valence-corrected chi connectivity index (χ3v) is 7.14. The number of benzene rings is 2. The van der Waals surface area contributed by atoms with Crippen molar-refractivity contribution in [3.05, 3.63) is 57.0 Å². The first-order valence-electron chi connectivity index (χ1n) is 14.9. The summed E-state index contributed by atoms with van der Waals surface area (Å²) in [5.74, 6) is 2.03. The van der Waals surface area contributed by atoms with Gasteiger partial charge < -0.3 is 19.1 Å². The fourth-order valence-corrected chi connectivity index (χ4v) is 4.71. The normalized spacial score (nSPS) is 12.5. The Balaban J connectivity index is 0.000000399. The lowest BCUT2D eigenvalue weighted by molar-refractivity contribution is -0.117. The molecule has 42 heavy (non-hydrogen) atoms. The summed E-state index contributed by atoms with van der Waals surface area (Å²) in [7, 11) is 0. The van der Waals surface area contributed by atoms with Crippen LogP contribution < -0.4 is 9.47 Å². The molecule has 0 N–H and O–H groups in total. The van der Waals surface area contributed by atoms with Gasteiger partial charge in [-0.15, -0.1) is 0 Å². The van der Waals surface area contributed by atoms with Crippen LogP contribution in [0.4, 0.5) is 0 Å². The van der Waals surface area contributed by atoms with Gasteiger partial charge in [-0.1, -0.05) is 68.1 Å². The zero-order valence-electron chi connectivity index (χ0n) is 25.9. The number of halogens is 2. The Kier molecular flexibility index (Phi) is 18.2. The van der Waals surface area contributed by atoms with Gasteiger partial charge in [0.15, 0.2) is 11.6 Å². The molecule has 0 amide bonds. The van der Waals surface area contributed by atoms with Crippen molar-refractivity contribution in [1.29, 1.82) is 0 Å². The number of ketones is 4. The number of carbonyl (C=O) groups is 4. The molecule has 0 aliphatic heterocycles. The van der Waals surface area contributed by atoms with E-state index in [0.717, 1.165) is 4.47 Å². The van der Waals surface area contributed by atoms with Gasteiger partial charge in [0, 0.05) is 35.2 Å². The van der Waals surface area contributed by atoms with Crippen LogP contribution in [-0.2, 0) is 9.59 Å². The lowest BCUT2D eigenvalue weighted by Gasteiger charge is -2.14. The standard InChI is InChI=1S/C17H21ClO3.C15H19BrO3.C2H6/c1-12(19)6-8-16(20)15-10-14(18)7-9-17(15)21-11-13-4-2-3-5-13;1-10(2)9-19-15-7-5-12(16)8-13(15)14(18)6-4-11(3)17;1-2/h7,9-10,13H,2-6,8,11H2,1H3;5,7-8,10H,4,6,9H2,1-3H3;1-2H3. The summed E-state index contributed by atoms with van der Waals surface area (Å²) in [6.45, 7) is 12.3. The van der Waals surface area contributed by atoms with Gasteiger partial charge in [0.05, 0.1) is 24.3 Å². The number of hydrogen-bond donors (Lipinski definition) is 0. The fourth-order valence-electron chi connectivity index (χ4n) is 4.18. The SMILES string of the molecule is CC.CC(=O)CCC(=O)c1cc(Br)ccc1OCC(C)C.CC(=O)CCC(=O)c1cc(Cl)ccc1OCC1CCCC1. The second kappa shape index (κ2) is 20.4. The third kappa shape index (κ3) is 14.6. The topological polar surface area (TPSA) is 86.7 Å². The molecule has 3 rings (SSSR count). The molecule has 0 unspecified atom stereocenters. The highest BCUT2D eigenvalue weighted by Crippen LogP contribution is 2.29. The first-order valence-corrected chi connectivity index (χ1v) is 16.0. The second-order valence-electron chi connectivity index (χ2n) is 10.7. The fraction of sp³-hybridized carbons (Fsp3) is 0.529. The molecule has 0 radical (unpaired) electrons. The summed E-state index contributed by atoms with van der Waals surface area (Å²) in [6.07, 6.45) is 5.88. The Morgan fingerprint density at radius 1 is 0.810 bits per heavy atom. The van der Waals surface area contributed by atoms with Gasteiger partial charge in [-0.25, -0.2) is 0 Å². The Bertz CT molecular complexity index is 1170.